The lowest BCUT2D eigenvalue weighted by Crippen LogP contribution is -2.03. The second-order valence-corrected chi connectivity index (χ2v) is 20.6. The molecule has 5 heterocycles. The van der Waals surface area contributed by atoms with Gasteiger partial charge in [0, 0.05) is 65.6 Å². The molecule has 0 amide bonds. The minimum atomic E-state index is 0.223. The van der Waals surface area contributed by atoms with Crippen LogP contribution in [0.1, 0.15) is 11.1 Å². The molecule has 9 heteroatoms. The molecule has 0 aliphatic heterocycles. The van der Waals surface area contributed by atoms with Crippen LogP contribution in [0.25, 0.3) is 149 Å². The van der Waals surface area contributed by atoms with Crippen molar-refractivity contribution < 1.29 is 0 Å². The molecule has 0 radical (unpaired) electrons. The lowest BCUT2D eigenvalue weighted by atomic mass is 9.98. The van der Waals surface area contributed by atoms with Crippen LogP contribution in [-0.4, -0.2) is 28.2 Å². The Morgan fingerprint density at radius 2 is 0.720 bits per heavy atom. The number of aromatic nitrogens is 6. The Bertz CT molecular complexity index is 5170. The van der Waals surface area contributed by atoms with Crippen molar-refractivity contribution in [3.8, 4) is 68.8 Å². The number of para-hydroxylation sites is 6. The highest BCUT2D eigenvalue weighted by atomic mass is 15.0. The third-order valence-corrected chi connectivity index (χ3v) is 16.3. The van der Waals surface area contributed by atoms with Crippen LogP contribution in [0.3, 0.4) is 0 Å². The third kappa shape index (κ3) is 6.83. The van der Waals surface area contributed by atoms with Gasteiger partial charge in [-0.25, -0.2) is 14.8 Å². The van der Waals surface area contributed by atoms with Gasteiger partial charge >= 0.3 is 0 Å². The van der Waals surface area contributed by atoms with Crippen molar-refractivity contribution in [3.05, 3.63) is 271 Å². The fourth-order valence-electron chi connectivity index (χ4n) is 12.7. The first-order chi connectivity index (χ1) is 40.6. The molecular weight excluding hydrogens is 1000 g/mol. The second-order valence-electron chi connectivity index (χ2n) is 20.6. The van der Waals surface area contributed by atoms with E-state index in [0.29, 0.717) is 51.0 Å². The molecule has 82 heavy (non-hydrogen) atoms. The van der Waals surface area contributed by atoms with Crippen molar-refractivity contribution in [1.29, 1.82) is 10.5 Å². The summed E-state index contributed by atoms with van der Waals surface area (Å²) >= 11 is 0. The predicted molar refractivity (Wildman–Crippen MR) is 331 cm³/mol. The van der Waals surface area contributed by atoms with Crippen molar-refractivity contribution in [2.45, 2.75) is 0 Å². The van der Waals surface area contributed by atoms with Gasteiger partial charge < -0.3 is 18.3 Å². The van der Waals surface area contributed by atoms with E-state index in [-0.39, 0.29) is 5.56 Å². The zero-order valence-corrected chi connectivity index (χ0v) is 43.7. The van der Waals surface area contributed by atoms with Gasteiger partial charge in [-0.15, -0.1) is 0 Å². The normalized spacial score (nSPS) is 11.6. The molecule has 0 fully saturated rings. The molecule has 0 atom stereocenters. The molecular formula is C73H41N9. The van der Waals surface area contributed by atoms with E-state index in [0.717, 1.165) is 104 Å². The van der Waals surface area contributed by atoms with Gasteiger partial charge in [0.05, 0.1) is 79.0 Å². The molecule has 0 N–H and O–H groups in total. The van der Waals surface area contributed by atoms with Crippen LogP contribution in [0.4, 0.5) is 5.69 Å². The number of fused-ring (bicyclic) bond motifs is 12. The quantitative estimate of drug-likeness (QED) is 0.149. The molecule has 378 valence electrons. The summed E-state index contributed by atoms with van der Waals surface area (Å²) in [7, 11) is 0. The fourth-order valence-corrected chi connectivity index (χ4v) is 12.7. The summed E-state index contributed by atoms with van der Waals surface area (Å²) in [5.74, 6) is 0.404. The van der Waals surface area contributed by atoms with Gasteiger partial charge in [0.2, 0.25) is 5.69 Å². The number of benzene rings is 11. The molecule has 0 spiro atoms. The highest BCUT2D eigenvalue weighted by molar-refractivity contribution is 6.21. The SMILES string of the molecule is [C-]#[N+]c1cc(-c2nc(-c3ccccc3)nc(-c3ccc(-n4c5ccccc5c5cc6c7ccccc7n(-c7ccccc7)c6cc54)c(C#N)c3)c2C#N)ccc1-n1c2ccccc2c2cc3c4ccccc4n(-c4ccccc4)c3cc21. The molecule has 16 rings (SSSR count). The van der Waals surface area contributed by atoms with Gasteiger partial charge in [0.25, 0.3) is 0 Å². The third-order valence-electron chi connectivity index (χ3n) is 16.3. The minimum absolute atomic E-state index is 0.223. The van der Waals surface area contributed by atoms with Gasteiger partial charge in [0.15, 0.2) is 5.82 Å². The van der Waals surface area contributed by atoms with Crippen LogP contribution in [0.15, 0.2) is 249 Å². The van der Waals surface area contributed by atoms with Crippen molar-refractivity contribution in [1.82, 2.24) is 28.2 Å². The minimum Gasteiger partial charge on any atom is -0.319 e. The molecule has 0 aliphatic rings. The summed E-state index contributed by atoms with van der Waals surface area (Å²) in [4.78, 5) is 14.5. The summed E-state index contributed by atoms with van der Waals surface area (Å²) < 4.78 is 8.99. The Labute approximate surface area is 469 Å². The van der Waals surface area contributed by atoms with E-state index >= 15 is 0 Å². The maximum atomic E-state index is 11.3. The monoisotopic (exact) mass is 1040 g/mol. The molecule has 11 aromatic carbocycles. The Balaban J connectivity index is 0.878. The molecule has 0 saturated carbocycles. The van der Waals surface area contributed by atoms with Crippen LogP contribution >= 0.6 is 0 Å². The largest absolute Gasteiger partial charge is 0.319 e. The Kier molecular flexibility index (Phi) is 10.2. The molecule has 0 saturated heterocycles. The summed E-state index contributed by atoms with van der Waals surface area (Å²) in [6, 6.07) is 89.8. The van der Waals surface area contributed by atoms with Gasteiger partial charge in [0.1, 0.15) is 17.7 Å². The van der Waals surface area contributed by atoms with Gasteiger partial charge in [-0.2, -0.15) is 10.5 Å². The van der Waals surface area contributed by atoms with E-state index in [1.807, 2.05) is 91.0 Å². The second kappa shape index (κ2) is 18.1. The number of hydrogen-bond donors (Lipinski definition) is 0. The molecule has 0 unspecified atom stereocenters. The zero-order chi connectivity index (χ0) is 54.6. The molecule has 5 aromatic heterocycles. The Morgan fingerprint density at radius 1 is 0.329 bits per heavy atom. The van der Waals surface area contributed by atoms with E-state index in [1.54, 1.807) is 0 Å². The van der Waals surface area contributed by atoms with Crippen LogP contribution in [0.2, 0.25) is 0 Å². The summed E-state index contributed by atoms with van der Waals surface area (Å²) in [5.41, 5.74) is 15.3. The average Bonchev–Trinajstić information content (AvgIpc) is 3.79. The van der Waals surface area contributed by atoms with Gasteiger partial charge in [-0.05, 0) is 103 Å². The van der Waals surface area contributed by atoms with Crippen molar-refractivity contribution >= 4 is 92.9 Å². The molecule has 16 aromatic rings. The first kappa shape index (κ1) is 46.3. The van der Waals surface area contributed by atoms with Gasteiger partial charge in [-0.1, -0.05) is 152 Å². The van der Waals surface area contributed by atoms with E-state index in [4.69, 9.17) is 16.5 Å². The number of rotatable bonds is 7. The number of nitrogens with zero attached hydrogens (tertiary/aromatic N) is 9. The van der Waals surface area contributed by atoms with E-state index in [1.165, 1.54) is 0 Å². The summed E-state index contributed by atoms with van der Waals surface area (Å²) in [6.45, 7) is 8.78. The molecule has 0 bridgehead atoms. The smallest absolute Gasteiger partial charge is 0.211 e. The number of hydrogen-bond acceptors (Lipinski definition) is 4. The predicted octanol–water partition coefficient (Wildman–Crippen LogP) is 18.2. The van der Waals surface area contributed by atoms with Crippen LogP contribution < -0.4 is 0 Å². The highest BCUT2D eigenvalue weighted by Gasteiger charge is 2.25. The first-order valence-corrected chi connectivity index (χ1v) is 27.0. The van der Waals surface area contributed by atoms with E-state index in [9.17, 15) is 10.5 Å². The van der Waals surface area contributed by atoms with E-state index < -0.39 is 0 Å². The fraction of sp³-hybridized carbons (Fsp3) is 0. The van der Waals surface area contributed by atoms with Gasteiger partial charge in [-0.3, -0.25) is 0 Å². The first-order valence-electron chi connectivity index (χ1n) is 27.0. The van der Waals surface area contributed by atoms with Crippen LogP contribution in [0, 0.1) is 29.2 Å². The maximum Gasteiger partial charge on any atom is 0.211 e. The highest BCUT2D eigenvalue weighted by Crippen LogP contribution is 2.45. The Hall–Kier alpha value is -11.8. The number of nitriles is 2. The van der Waals surface area contributed by atoms with Crippen LogP contribution in [-0.2, 0) is 0 Å². The molecule has 0 aliphatic carbocycles. The standard InChI is InChI=1S/C73H41N9/c1-76-60-38-47(34-36-66(60)82-65-32-18-14-28-54(65)58-40-56-52-26-12-16-30-63(52)80(68(56)42-70(58)82)50-23-9-4-10-24-50)72-59(44-75)71(77-73(78-72)45-19-5-2-6-20-45)46-33-35-61(48(37-46)43-74)81-64-31-17-13-27-53(64)57-39-55-51-25-11-15-29-62(51)79(67(55)41-69(57)81)49-21-7-3-8-22-49/h2-42H. The van der Waals surface area contributed by atoms with Crippen molar-refractivity contribution in [2.24, 2.45) is 0 Å². The topological polar surface area (TPSA) is 97.4 Å². The zero-order valence-electron chi connectivity index (χ0n) is 43.7. The Morgan fingerprint density at radius 3 is 1.17 bits per heavy atom. The van der Waals surface area contributed by atoms with Crippen molar-refractivity contribution in [3.63, 3.8) is 0 Å². The van der Waals surface area contributed by atoms with Crippen molar-refractivity contribution in [2.75, 3.05) is 0 Å². The van der Waals surface area contributed by atoms with E-state index in [2.05, 4.69) is 193 Å². The molecule has 9 nitrogen and oxygen atoms in total. The lowest BCUT2D eigenvalue weighted by Gasteiger charge is -2.16. The lowest BCUT2D eigenvalue weighted by molar-refractivity contribution is 1.15. The summed E-state index contributed by atoms with van der Waals surface area (Å²) in [6.07, 6.45) is 0. The maximum absolute atomic E-state index is 11.3. The average molecular weight is 1040 g/mol. The summed E-state index contributed by atoms with van der Waals surface area (Å²) in [5, 5.41) is 31.4. The van der Waals surface area contributed by atoms with Crippen LogP contribution in [0.5, 0.6) is 0 Å².